The molecule has 1 unspecified atom stereocenters. The van der Waals surface area contributed by atoms with Gasteiger partial charge in [0.25, 0.3) is 5.89 Å². The molecule has 8 heteroatoms. The van der Waals surface area contributed by atoms with E-state index in [2.05, 4.69) is 22.0 Å². The molecule has 0 saturated carbocycles. The van der Waals surface area contributed by atoms with Crippen LogP contribution in [0.25, 0.3) is 22.8 Å². The topological polar surface area (TPSA) is 96.5 Å². The fourth-order valence-electron chi connectivity index (χ4n) is 5.21. The molecular weight excluding hydrogens is 521 g/mol. The van der Waals surface area contributed by atoms with Gasteiger partial charge in [-0.2, -0.15) is 4.98 Å². The van der Waals surface area contributed by atoms with Gasteiger partial charge in [0.15, 0.2) is 5.78 Å². The van der Waals surface area contributed by atoms with Crippen LogP contribution in [-0.4, -0.2) is 45.0 Å². The molecule has 1 saturated heterocycles. The van der Waals surface area contributed by atoms with Crippen molar-refractivity contribution in [3.63, 3.8) is 0 Å². The van der Waals surface area contributed by atoms with Crippen molar-refractivity contribution in [2.45, 2.75) is 46.1 Å². The number of carboxylic acids is 1. The SMILES string of the molecule is Cc1ccc(-c2nc(-c3ccc(CC(CC(=O)c4cccc(CN5CCC(C)CC5)c4)C(=O)O)cc3F)no2)cc1. The van der Waals surface area contributed by atoms with Gasteiger partial charge in [-0.1, -0.05) is 54.0 Å². The number of ketones is 1. The van der Waals surface area contributed by atoms with Crippen LogP contribution in [0.15, 0.2) is 71.3 Å². The predicted octanol–water partition coefficient (Wildman–Crippen LogP) is 6.60. The fraction of sp³-hybridized carbons (Fsp3) is 0.333. The van der Waals surface area contributed by atoms with Crippen molar-refractivity contribution in [1.29, 1.82) is 0 Å². The third-order valence-corrected chi connectivity index (χ3v) is 7.79. The highest BCUT2D eigenvalue weighted by atomic mass is 19.1. The van der Waals surface area contributed by atoms with Crippen molar-refractivity contribution in [3.8, 4) is 22.8 Å². The summed E-state index contributed by atoms with van der Waals surface area (Å²) in [5.41, 5.74) is 3.99. The number of rotatable bonds is 10. The van der Waals surface area contributed by atoms with E-state index >= 15 is 4.39 Å². The maximum Gasteiger partial charge on any atom is 0.307 e. The molecule has 0 spiro atoms. The van der Waals surface area contributed by atoms with Gasteiger partial charge in [0.05, 0.1) is 11.5 Å². The third-order valence-electron chi connectivity index (χ3n) is 7.79. The number of hydrogen-bond donors (Lipinski definition) is 1. The number of carboxylic acid groups (broad SMARTS) is 1. The smallest absolute Gasteiger partial charge is 0.307 e. The number of likely N-dealkylation sites (tertiary alicyclic amines) is 1. The van der Waals surface area contributed by atoms with Crippen molar-refractivity contribution in [2.24, 2.45) is 11.8 Å². The van der Waals surface area contributed by atoms with Crippen LogP contribution in [0.1, 0.15) is 53.2 Å². The van der Waals surface area contributed by atoms with Gasteiger partial charge in [-0.3, -0.25) is 14.5 Å². The Morgan fingerprint density at radius 3 is 2.51 bits per heavy atom. The molecule has 212 valence electrons. The summed E-state index contributed by atoms with van der Waals surface area (Å²) in [4.78, 5) is 31.9. The van der Waals surface area contributed by atoms with Crippen LogP contribution < -0.4 is 0 Å². The summed E-state index contributed by atoms with van der Waals surface area (Å²) in [6, 6.07) is 19.4. The van der Waals surface area contributed by atoms with E-state index in [0.717, 1.165) is 42.2 Å². The first-order valence-corrected chi connectivity index (χ1v) is 14.0. The molecule has 1 aromatic heterocycles. The highest BCUT2D eigenvalue weighted by Crippen LogP contribution is 2.27. The Bertz CT molecular complexity index is 1520. The largest absolute Gasteiger partial charge is 0.481 e. The van der Waals surface area contributed by atoms with Gasteiger partial charge in [-0.05, 0) is 86.7 Å². The number of piperidine rings is 1. The number of benzene rings is 3. The number of aromatic nitrogens is 2. The molecule has 7 nitrogen and oxygen atoms in total. The van der Waals surface area contributed by atoms with Gasteiger partial charge < -0.3 is 9.63 Å². The monoisotopic (exact) mass is 555 g/mol. The van der Waals surface area contributed by atoms with Gasteiger partial charge in [0.1, 0.15) is 5.82 Å². The number of aryl methyl sites for hydroxylation is 1. The second kappa shape index (κ2) is 12.6. The second-order valence-corrected chi connectivity index (χ2v) is 11.1. The van der Waals surface area contributed by atoms with Crippen molar-refractivity contribution >= 4 is 11.8 Å². The van der Waals surface area contributed by atoms with Crippen LogP contribution in [0.4, 0.5) is 4.39 Å². The van der Waals surface area contributed by atoms with Crippen molar-refractivity contribution in [3.05, 3.63) is 94.8 Å². The lowest BCUT2D eigenvalue weighted by Gasteiger charge is -2.30. The Morgan fingerprint density at radius 1 is 1.05 bits per heavy atom. The molecule has 5 rings (SSSR count). The van der Waals surface area contributed by atoms with E-state index < -0.39 is 17.7 Å². The van der Waals surface area contributed by atoms with E-state index in [1.807, 2.05) is 49.4 Å². The number of Topliss-reactive ketones (excluding diaryl/α,β-unsaturated/α-hetero) is 1. The predicted molar refractivity (Wildman–Crippen MR) is 154 cm³/mol. The van der Waals surface area contributed by atoms with E-state index in [9.17, 15) is 14.7 Å². The second-order valence-electron chi connectivity index (χ2n) is 11.1. The quantitative estimate of drug-likeness (QED) is 0.220. The van der Waals surface area contributed by atoms with E-state index in [1.165, 1.54) is 25.0 Å². The number of aliphatic carboxylic acids is 1. The lowest BCUT2D eigenvalue weighted by atomic mass is 9.91. The maximum absolute atomic E-state index is 15.1. The minimum Gasteiger partial charge on any atom is -0.481 e. The molecule has 0 radical (unpaired) electrons. The summed E-state index contributed by atoms with van der Waals surface area (Å²) in [7, 11) is 0. The molecule has 4 aromatic rings. The molecule has 1 aliphatic rings. The van der Waals surface area contributed by atoms with Crippen molar-refractivity contribution in [2.75, 3.05) is 13.1 Å². The van der Waals surface area contributed by atoms with E-state index in [-0.39, 0.29) is 35.9 Å². The molecule has 1 fully saturated rings. The molecule has 0 amide bonds. The molecule has 0 bridgehead atoms. The lowest BCUT2D eigenvalue weighted by Crippen LogP contribution is -2.32. The van der Waals surface area contributed by atoms with Gasteiger partial charge >= 0.3 is 5.97 Å². The van der Waals surface area contributed by atoms with E-state index in [0.29, 0.717) is 11.1 Å². The molecule has 1 atom stereocenters. The molecule has 1 aliphatic heterocycles. The summed E-state index contributed by atoms with van der Waals surface area (Å²) in [6.07, 6.45) is 2.19. The number of hydrogen-bond acceptors (Lipinski definition) is 6. The summed E-state index contributed by atoms with van der Waals surface area (Å²) >= 11 is 0. The minimum atomic E-state index is -1.10. The first-order valence-electron chi connectivity index (χ1n) is 14.0. The zero-order chi connectivity index (χ0) is 28.9. The van der Waals surface area contributed by atoms with Crippen LogP contribution in [0.2, 0.25) is 0 Å². The molecular formula is C33H34FN3O4. The van der Waals surface area contributed by atoms with Crippen LogP contribution >= 0.6 is 0 Å². The van der Waals surface area contributed by atoms with Crippen LogP contribution in [0.3, 0.4) is 0 Å². The molecule has 2 heterocycles. The summed E-state index contributed by atoms with van der Waals surface area (Å²) in [6.45, 7) is 7.09. The molecule has 0 aliphatic carbocycles. The summed E-state index contributed by atoms with van der Waals surface area (Å²) in [5.74, 6) is -1.78. The highest BCUT2D eigenvalue weighted by Gasteiger charge is 2.24. The number of nitrogens with zero attached hydrogens (tertiary/aromatic N) is 3. The highest BCUT2D eigenvalue weighted by molar-refractivity contribution is 5.98. The fourth-order valence-corrected chi connectivity index (χ4v) is 5.21. The normalized spacial score (nSPS) is 15.1. The van der Waals surface area contributed by atoms with Gasteiger partial charge in [0.2, 0.25) is 5.82 Å². The average molecular weight is 556 g/mol. The first kappa shape index (κ1) is 28.4. The van der Waals surface area contributed by atoms with Crippen LogP contribution in [0, 0.1) is 24.6 Å². The average Bonchev–Trinajstić information content (AvgIpc) is 3.44. The first-order chi connectivity index (χ1) is 19.7. The van der Waals surface area contributed by atoms with E-state index in [1.54, 1.807) is 12.1 Å². The summed E-state index contributed by atoms with van der Waals surface area (Å²) < 4.78 is 20.4. The zero-order valence-corrected chi connectivity index (χ0v) is 23.3. The Kier molecular flexibility index (Phi) is 8.69. The maximum atomic E-state index is 15.1. The lowest BCUT2D eigenvalue weighted by molar-refractivity contribution is -0.141. The number of halogens is 1. The molecule has 1 N–H and O–H groups in total. The Balaban J connectivity index is 1.24. The molecule has 41 heavy (non-hydrogen) atoms. The standard InChI is InChI=1S/C33H34FN3O4/c1-21-6-9-25(10-7-21)32-35-31(36-41-32)28-11-8-23(18-29(28)34)16-27(33(39)40)19-30(38)26-5-3-4-24(17-26)20-37-14-12-22(2)13-15-37/h3-11,17-18,22,27H,12-16,19-20H2,1-2H3,(H,39,40). The van der Waals surface area contributed by atoms with Gasteiger partial charge in [0, 0.05) is 24.1 Å². The van der Waals surface area contributed by atoms with Crippen molar-refractivity contribution in [1.82, 2.24) is 15.0 Å². The minimum absolute atomic E-state index is 0.0186. The number of carbonyl (C=O) groups is 2. The van der Waals surface area contributed by atoms with E-state index in [4.69, 9.17) is 4.52 Å². The number of carbonyl (C=O) groups excluding carboxylic acids is 1. The van der Waals surface area contributed by atoms with Crippen molar-refractivity contribution < 1.29 is 23.6 Å². The third kappa shape index (κ3) is 7.13. The Labute approximate surface area is 239 Å². The van der Waals surface area contributed by atoms with Gasteiger partial charge in [-0.15, -0.1) is 0 Å². The zero-order valence-electron chi connectivity index (χ0n) is 23.3. The Morgan fingerprint density at radius 2 is 1.80 bits per heavy atom. The summed E-state index contributed by atoms with van der Waals surface area (Å²) in [5, 5.41) is 13.8. The Hall–Kier alpha value is -4.17. The molecule has 3 aromatic carbocycles. The van der Waals surface area contributed by atoms with Crippen LogP contribution in [-0.2, 0) is 17.8 Å². The van der Waals surface area contributed by atoms with Gasteiger partial charge in [-0.25, -0.2) is 4.39 Å². The van der Waals surface area contributed by atoms with Crippen LogP contribution in [0.5, 0.6) is 0 Å².